The van der Waals surface area contributed by atoms with Crippen LogP contribution in [0.2, 0.25) is 0 Å². The van der Waals surface area contributed by atoms with Crippen LogP contribution in [0.25, 0.3) is 0 Å². The number of carbonyl (C=O) groups is 2. The van der Waals surface area contributed by atoms with E-state index in [4.69, 9.17) is 0 Å². The number of hydrogen-bond acceptors (Lipinski definition) is 4. The highest BCUT2D eigenvalue weighted by Crippen LogP contribution is 2.33. The van der Waals surface area contributed by atoms with Crippen molar-refractivity contribution in [2.24, 2.45) is 5.92 Å². The molecule has 1 aliphatic heterocycles. The number of fused-ring (bicyclic) bond motifs is 1. The average Bonchev–Trinajstić information content (AvgIpc) is 2.92. The first-order valence-corrected chi connectivity index (χ1v) is 9.97. The van der Waals surface area contributed by atoms with Gasteiger partial charge in [0.25, 0.3) is 5.91 Å². The zero-order valence-electron chi connectivity index (χ0n) is 12.5. The molecule has 4 rings (SSSR count). The molecule has 1 aromatic rings. The first-order valence-electron chi connectivity index (χ1n) is 8.00. The summed E-state index contributed by atoms with van der Waals surface area (Å²) in [5, 5.41) is 3.02. The Kier molecular flexibility index (Phi) is 3.90. The van der Waals surface area contributed by atoms with E-state index >= 15 is 0 Å². The molecule has 22 heavy (non-hydrogen) atoms. The van der Waals surface area contributed by atoms with Crippen LogP contribution in [-0.2, 0) is 17.6 Å². The number of carbonyl (C=O) groups excluding carboxylic acids is 2. The summed E-state index contributed by atoms with van der Waals surface area (Å²) in [5.41, 5.74) is 1.34. The Morgan fingerprint density at radius 1 is 1.32 bits per heavy atom. The topological polar surface area (TPSA) is 49.4 Å². The van der Waals surface area contributed by atoms with Crippen molar-refractivity contribution in [1.29, 1.82) is 0 Å². The van der Waals surface area contributed by atoms with Gasteiger partial charge in [-0.05, 0) is 49.7 Å². The predicted octanol–water partition coefficient (Wildman–Crippen LogP) is 2.28. The molecule has 1 saturated carbocycles. The Labute approximate surface area is 138 Å². The summed E-state index contributed by atoms with van der Waals surface area (Å²) in [6.07, 6.45) is 5.86. The quantitative estimate of drug-likeness (QED) is 0.918. The van der Waals surface area contributed by atoms with Crippen molar-refractivity contribution in [3.05, 3.63) is 21.4 Å². The van der Waals surface area contributed by atoms with Gasteiger partial charge in [0, 0.05) is 17.2 Å². The maximum absolute atomic E-state index is 12.8. The van der Waals surface area contributed by atoms with E-state index in [0.717, 1.165) is 24.3 Å². The molecule has 118 valence electrons. The van der Waals surface area contributed by atoms with Crippen LogP contribution >= 0.6 is 23.1 Å². The third-order valence-corrected chi connectivity index (χ3v) is 6.90. The Bertz CT molecular complexity index is 588. The van der Waals surface area contributed by atoms with Crippen molar-refractivity contribution in [2.45, 2.75) is 38.1 Å². The second kappa shape index (κ2) is 5.89. The van der Waals surface area contributed by atoms with Crippen LogP contribution in [0.4, 0.5) is 0 Å². The minimum absolute atomic E-state index is 0.0225. The van der Waals surface area contributed by atoms with Crippen molar-refractivity contribution in [3.63, 3.8) is 0 Å². The van der Waals surface area contributed by atoms with Crippen molar-refractivity contribution in [3.8, 4) is 0 Å². The van der Waals surface area contributed by atoms with E-state index < -0.39 is 0 Å². The fraction of sp³-hybridized carbons (Fsp3) is 0.625. The number of hydrogen-bond donors (Lipinski definition) is 1. The van der Waals surface area contributed by atoms with Gasteiger partial charge in [-0.25, -0.2) is 0 Å². The van der Waals surface area contributed by atoms with Crippen LogP contribution in [0.3, 0.4) is 0 Å². The second-order valence-electron chi connectivity index (χ2n) is 6.39. The summed E-state index contributed by atoms with van der Waals surface area (Å²) >= 11 is 3.30. The Morgan fingerprint density at radius 3 is 2.95 bits per heavy atom. The minimum atomic E-state index is -0.298. The standard InChI is InChI=1S/C16H20N2O2S2/c19-15(17-7-10-4-5-10)12-8-21-9-18(12)16(20)14-6-11-2-1-3-13(11)22-14/h6,10,12H,1-5,7-9H2,(H,17,19)/t12-/m1/s1. The molecule has 3 aliphatic rings. The highest BCUT2D eigenvalue weighted by Gasteiger charge is 2.36. The van der Waals surface area contributed by atoms with E-state index in [9.17, 15) is 9.59 Å². The molecule has 1 saturated heterocycles. The Hall–Kier alpha value is -1.01. The predicted molar refractivity (Wildman–Crippen MR) is 89.4 cm³/mol. The number of thiophene rings is 1. The Balaban J connectivity index is 1.44. The molecule has 0 radical (unpaired) electrons. The monoisotopic (exact) mass is 336 g/mol. The fourth-order valence-electron chi connectivity index (χ4n) is 3.12. The van der Waals surface area contributed by atoms with Crippen molar-refractivity contribution in [1.82, 2.24) is 10.2 Å². The lowest BCUT2D eigenvalue weighted by Gasteiger charge is -2.22. The van der Waals surface area contributed by atoms with E-state index in [0.29, 0.717) is 17.5 Å². The smallest absolute Gasteiger partial charge is 0.265 e. The number of thioether (sulfide) groups is 1. The van der Waals surface area contributed by atoms with Crippen molar-refractivity contribution in [2.75, 3.05) is 18.2 Å². The molecule has 4 nitrogen and oxygen atoms in total. The molecule has 2 amide bonds. The highest BCUT2D eigenvalue weighted by atomic mass is 32.2. The van der Waals surface area contributed by atoms with Gasteiger partial charge >= 0.3 is 0 Å². The normalized spacial score (nSPS) is 23.6. The summed E-state index contributed by atoms with van der Waals surface area (Å²) in [7, 11) is 0. The lowest BCUT2D eigenvalue weighted by atomic mass is 10.2. The molecule has 0 aromatic carbocycles. The first-order chi connectivity index (χ1) is 10.7. The molecule has 1 aromatic heterocycles. The minimum Gasteiger partial charge on any atom is -0.354 e. The zero-order valence-corrected chi connectivity index (χ0v) is 14.1. The molecular formula is C16H20N2O2S2. The Morgan fingerprint density at radius 2 is 2.18 bits per heavy atom. The summed E-state index contributed by atoms with van der Waals surface area (Å²) < 4.78 is 0. The lowest BCUT2D eigenvalue weighted by molar-refractivity contribution is -0.124. The molecule has 2 fully saturated rings. The summed E-state index contributed by atoms with van der Waals surface area (Å²) in [4.78, 5) is 29.0. The molecule has 1 atom stereocenters. The van der Waals surface area contributed by atoms with Crippen LogP contribution in [0.15, 0.2) is 6.07 Å². The molecule has 1 N–H and O–H groups in total. The van der Waals surface area contributed by atoms with Gasteiger partial charge in [0.2, 0.25) is 5.91 Å². The lowest BCUT2D eigenvalue weighted by Crippen LogP contribution is -2.47. The van der Waals surface area contributed by atoms with E-state index in [-0.39, 0.29) is 17.9 Å². The highest BCUT2D eigenvalue weighted by molar-refractivity contribution is 7.99. The van der Waals surface area contributed by atoms with Crippen LogP contribution < -0.4 is 5.32 Å². The van der Waals surface area contributed by atoms with Gasteiger partial charge in [0.1, 0.15) is 6.04 Å². The number of amides is 2. The summed E-state index contributed by atoms with van der Waals surface area (Å²) in [6, 6.07) is 1.76. The fourth-order valence-corrected chi connectivity index (χ4v) is 5.48. The van der Waals surface area contributed by atoms with Gasteiger partial charge in [0.05, 0.1) is 10.8 Å². The summed E-state index contributed by atoms with van der Waals surface area (Å²) in [5.74, 6) is 2.07. The van der Waals surface area contributed by atoms with Gasteiger partial charge in [-0.1, -0.05) is 0 Å². The summed E-state index contributed by atoms with van der Waals surface area (Å²) in [6.45, 7) is 0.773. The van der Waals surface area contributed by atoms with Crippen LogP contribution in [0.1, 0.15) is 39.4 Å². The van der Waals surface area contributed by atoms with Gasteiger partial charge in [-0.2, -0.15) is 0 Å². The third-order valence-electron chi connectivity index (χ3n) is 4.67. The second-order valence-corrected chi connectivity index (χ2v) is 8.53. The average molecular weight is 336 g/mol. The largest absolute Gasteiger partial charge is 0.354 e. The number of nitrogens with zero attached hydrogens (tertiary/aromatic N) is 1. The van der Waals surface area contributed by atoms with Crippen molar-refractivity contribution < 1.29 is 9.59 Å². The molecule has 6 heteroatoms. The molecule has 2 aliphatic carbocycles. The van der Waals surface area contributed by atoms with Crippen LogP contribution in [-0.4, -0.2) is 40.9 Å². The van der Waals surface area contributed by atoms with E-state index in [1.54, 1.807) is 28.0 Å². The maximum atomic E-state index is 12.8. The SMILES string of the molecule is O=C(NCC1CC1)[C@H]1CSCN1C(=O)c1cc2c(s1)CCC2. The molecule has 0 unspecified atom stereocenters. The molecule has 0 bridgehead atoms. The number of aryl methyl sites for hydroxylation is 2. The van der Waals surface area contributed by atoms with E-state index in [1.807, 2.05) is 0 Å². The first kappa shape index (κ1) is 14.6. The zero-order chi connectivity index (χ0) is 15.1. The van der Waals surface area contributed by atoms with Gasteiger partial charge < -0.3 is 10.2 Å². The van der Waals surface area contributed by atoms with Crippen LogP contribution in [0.5, 0.6) is 0 Å². The molecular weight excluding hydrogens is 316 g/mol. The number of nitrogens with one attached hydrogen (secondary N) is 1. The molecule has 0 spiro atoms. The van der Waals surface area contributed by atoms with Gasteiger partial charge in [-0.15, -0.1) is 23.1 Å². The maximum Gasteiger partial charge on any atom is 0.265 e. The third kappa shape index (κ3) is 2.78. The van der Waals surface area contributed by atoms with E-state index in [1.165, 1.54) is 29.7 Å². The van der Waals surface area contributed by atoms with Gasteiger partial charge in [0.15, 0.2) is 0 Å². The van der Waals surface area contributed by atoms with E-state index in [2.05, 4.69) is 11.4 Å². The van der Waals surface area contributed by atoms with Crippen molar-refractivity contribution >= 4 is 34.9 Å². The molecule has 2 heterocycles. The van der Waals surface area contributed by atoms with Crippen LogP contribution in [0, 0.1) is 5.92 Å². The number of rotatable bonds is 4. The van der Waals surface area contributed by atoms with Gasteiger partial charge in [-0.3, -0.25) is 9.59 Å².